The Morgan fingerprint density at radius 2 is 1.79 bits per heavy atom. The van der Waals surface area contributed by atoms with Crippen LogP contribution in [-0.4, -0.2) is 80.1 Å². The molecule has 11 heteroatoms. The summed E-state index contributed by atoms with van der Waals surface area (Å²) >= 11 is 0. The van der Waals surface area contributed by atoms with Gasteiger partial charge in [0.15, 0.2) is 12.1 Å². The summed E-state index contributed by atoms with van der Waals surface area (Å²) in [4.78, 5) is 9.43. The van der Waals surface area contributed by atoms with Gasteiger partial charge in [0.05, 0.1) is 6.61 Å². The predicted molar refractivity (Wildman–Crippen MR) is 59.7 cm³/mol. The smallest absolute Gasteiger partial charge is 0.359 e. The van der Waals surface area contributed by atoms with Gasteiger partial charge < -0.3 is 45.4 Å². The van der Waals surface area contributed by atoms with Crippen molar-refractivity contribution in [2.45, 2.75) is 36.6 Å². The molecule has 114 valence electrons. The minimum Gasteiger partial charge on any atom is -0.387 e. The van der Waals surface area contributed by atoms with Gasteiger partial charge in [0.25, 0.3) is 0 Å². The van der Waals surface area contributed by atoms with Crippen LogP contribution >= 0.6 is 7.60 Å². The highest BCUT2D eigenvalue weighted by molar-refractivity contribution is 7.53. The molecule has 0 spiro atoms. The molecule has 0 aromatic heterocycles. The Bertz CT molecular complexity index is 342. The molecule has 2 unspecified atom stereocenters. The van der Waals surface area contributed by atoms with Crippen molar-refractivity contribution in [2.75, 3.05) is 13.2 Å². The van der Waals surface area contributed by atoms with Gasteiger partial charge in [0.2, 0.25) is 0 Å². The first-order chi connectivity index (χ1) is 8.72. The van der Waals surface area contributed by atoms with Gasteiger partial charge in [-0.2, -0.15) is 0 Å². The molecule has 7 atom stereocenters. The number of rotatable bonds is 5. The molecule has 1 aliphatic rings. The van der Waals surface area contributed by atoms with Crippen molar-refractivity contribution < 1.29 is 44.3 Å². The van der Waals surface area contributed by atoms with Crippen LogP contribution in [-0.2, 0) is 13.8 Å². The number of hydrogen-bond donors (Lipinski definition) is 7. The molecule has 0 bridgehead atoms. The molecular weight excluding hydrogens is 285 g/mol. The quantitative estimate of drug-likeness (QED) is 0.249. The highest BCUT2D eigenvalue weighted by Gasteiger charge is 2.51. The van der Waals surface area contributed by atoms with Crippen LogP contribution in [0.5, 0.6) is 0 Å². The van der Waals surface area contributed by atoms with Crippen LogP contribution in [0.3, 0.4) is 0 Å². The van der Waals surface area contributed by atoms with Crippen LogP contribution in [0.2, 0.25) is 0 Å². The number of aliphatic hydroxyl groups is 5. The van der Waals surface area contributed by atoms with E-state index in [1.54, 1.807) is 0 Å². The van der Waals surface area contributed by atoms with E-state index in [0.29, 0.717) is 0 Å². The normalized spacial score (nSPS) is 40.7. The summed E-state index contributed by atoms with van der Waals surface area (Å²) in [6.45, 7) is -0.392. The van der Waals surface area contributed by atoms with Gasteiger partial charge in [0.1, 0.15) is 24.4 Å². The summed E-state index contributed by atoms with van der Waals surface area (Å²) in [6, 6.07) is 0. The summed E-state index contributed by atoms with van der Waals surface area (Å²) in [5.74, 6) is -2.22. The zero-order valence-corrected chi connectivity index (χ0v) is 10.7. The standard InChI is InChI=1S/C8H18NO9P/c9-1-2-17-19(15,16)8(14)6-4(11)3(10)5(12)7(13)18-6/h3-8,10-14H,1-2,9H2,(H,15,16)/t3-,4-,5-,6-,7-,8?/m0/s1. The Kier molecular flexibility index (Phi) is 5.83. The topological polar surface area (TPSA) is 183 Å². The number of hydrogen-bond acceptors (Lipinski definition) is 9. The molecule has 0 aliphatic carbocycles. The van der Waals surface area contributed by atoms with Crippen molar-refractivity contribution in [3.63, 3.8) is 0 Å². The van der Waals surface area contributed by atoms with Crippen LogP contribution in [0, 0.1) is 0 Å². The molecule has 0 radical (unpaired) electrons. The third-order valence-electron chi connectivity index (χ3n) is 2.65. The lowest BCUT2D eigenvalue weighted by Crippen LogP contribution is -2.60. The zero-order valence-electron chi connectivity index (χ0n) is 9.81. The molecule has 0 aromatic carbocycles. The molecule has 1 saturated heterocycles. The van der Waals surface area contributed by atoms with Gasteiger partial charge in [0, 0.05) is 6.54 Å². The molecule has 8 N–H and O–H groups in total. The Labute approximate surface area is 108 Å². The van der Waals surface area contributed by atoms with Gasteiger partial charge in [-0.25, -0.2) is 0 Å². The van der Waals surface area contributed by atoms with Gasteiger partial charge in [-0.1, -0.05) is 0 Å². The van der Waals surface area contributed by atoms with Gasteiger partial charge in [-0.3, -0.25) is 4.57 Å². The Balaban J connectivity index is 2.80. The van der Waals surface area contributed by atoms with E-state index in [1.807, 2.05) is 0 Å². The highest BCUT2D eigenvalue weighted by Crippen LogP contribution is 2.49. The summed E-state index contributed by atoms with van der Waals surface area (Å²) in [7, 11) is -4.59. The number of ether oxygens (including phenoxy) is 1. The van der Waals surface area contributed by atoms with E-state index >= 15 is 0 Å². The molecule has 1 fully saturated rings. The average molecular weight is 303 g/mol. The molecule has 10 nitrogen and oxygen atoms in total. The van der Waals surface area contributed by atoms with Crippen LogP contribution in [0.1, 0.15) is 0 Å². The Morgan fingerprint density at radius 1 is 1.21 bits per heavy atom. The highest BCUT2D eigenvalue weighted by atomic mass is 31.2. The molecule has 1 aliphatic heterocycles. The maximum atomic E-state index is 11.6. The molecule has 1 heterocycles. The molecule has 0 amide bonds. The zero-order chi connectivity index (χ0) is 14.8. The maximum Gasteiger partial charge on any atom is 0.359 e. The fourth-order valence-electron chi connectivity index (χ4n) is 1.58. The molecule has 19 heavy (non-hydrogen) atoms. The second-order valence-corrected chi connectivity index (χ2v) is 5.98. The van der Waals surface area contributed by atoms with E-state index in [-0.39, 0.29) is 13.2 Å². The van der Waals surface area contributed by atoms with Gasteiger partial charge in [-0.15, -0.1) is 0 Å². The van der Waals surface area contributed by atoms with Crippen molar-refractivity contribution in [2.24, 2.45) is 5.73 Å². The van der Waals surface area contributed by atoms with E-state index in [4.69, 9.17) is 5.73 Å². The summed E-state index contributed by atoms with van der Waals surface area (Å²) in [5.41, 5.74) is 5.07. The fourth-order valence-corrected chi connectivity index (χ4v) is 2.72. The monoisotopic (exact) mass is 303 g/mol. The Morgan fingerprint density at radius 3 is 2.32 bits per heavy atom. The van der Waals surface area contributed by atoms with Crippen molar-refractivity contribution >= 4 is 7.60 Å². The van der Waals surface area contributed by atoms with E-state index in [2.05, 4.69) is 9.26 Å². The first kappa shape index (κ1) is 16.9. The number of aliphatic hydroxyl groups excluding tert-OH is 5. The average Bonchev–Trinajstić information content (AvgIpc) is 2.37. The van der Waals surface area contributed by atoms with Crippen molar-refractivity contribution in [3.05, 3.63) is 0 Å². The molecule has 0 saturated carbocycles. The minimum absolute atomic E-state index is 0.0741. The van der Waals surface area contributed by atoms with E-state index < -0.39 is 44.1 Å². The third-order valence-corrected chi connectivity index (χ3v) is 4.16. The van der Waals surface area contributed by atoms with Crippen molar-refractivity contribution in [1.82, 2.24) is 0 Å². The molecular formula is C8H18NO9P. The van der Waals surface area contributed by atoms with E-state index in [1.165, 1.54) is 0 Å². The minimum atomic E-state index is -4.59. The fraction of sp³-hybridized carbons (Fsp3) is 1.00. The predicted octanol–water partition coefficient (Wildman–Crippen LogP) is -3.73. The Hall–Kier alpha value is -0.130. The first-order valence-corrected chi connectivity index (χ1v) is 7.10. The van der Waals surface area contributed by atoms with Crippen LogP contribution < -0.4 is 5.73 Å². The summed E-state index contributed by atoms with van der Waals surface area (Å²) < 4.78 is 20.7. The number of nitrogens with two attached hydrogens (primary N) is 1. The van der Waals surface area contributed by atoms with Gasteiger partial charge >= 0.3 is 7.60 Å². The molecule has 1 rings (SSSR count). The second-order valence-electron chi connectivity index (χ2n) is 4.06. The third kappa shape index (κ3) is 3.70. The van der Waals surface area contributed by atoms with Crippen molar-refractivity contribution in [3.8, 4) is 0 Å². The van der Waals surface area contributed by atoms with Gasteiger partial charge in [-0.05, 0) is 0 Å². The first-order valence-electron chi connectivity index (χ1n) is 5.45. The largest absolute Gasteiger partial charge is 0.387 e. The SMILES string of the molecule is NCCOP(=O)(O)C(O)[C@H]1O[C@H](O)[C@@H](O)[C@@H](O)[C@@H]1O. The second kappa shape index (κ2) is 6.55. The van der Waals surface area contributed by atoms with Crippen LogP contribution in [0.25, 0.3) is 0 Å². The summed E-state index contributed by atoms with van der Waals surface area (Å²) in [5, 5.41) is 47.1. The van der Waals surface area contributed by atoms with Crippen LogP contribution in [0.4, 0.5) is 0 Å². The van der Waals surface area contributed by atoms with Crippen molar-refractivity contribution in [1.29, 1.82) is 0 Å². The van der Waals surface area contributed by atoms with E-state index in [0.717, 1.165) is 0 Å². The summed E-state index contributed by atoms with van der Waals surface area (Å²) in [6.07, 6.45) is -9.26. The maximum absolute atomic E-state index is 11.6. The lowest BCUT2D eigenvalue weighted by atomic mass is 9.99. The molecule has 0 aromatic rings. The lowest BCUT2D eigenvalue weighted by Gasteiger charge is -2.40. The van der Waals surface area contributed by atoms with Crippen LogP contribution in [0.15, 0.2) is 0 Å². The van der Waals surface area contributed by atoms with E-state index in [9.17, 15) is 35.0 Å². The lowest BCUT2D eigenvalue weighted by molar-refractivity contribution is -0.291.